The van der Waals surface area contributed by atoms with E-state index in [1.807, 2.05) is 31.6 Å². The highest BCUT2D eigenvalue weighted by atomic mass is 79.9. The summed E-state index contributed by atoms with van der Waals surface area (Å²) < 4.78 is 6.59. The highest BCUT2D eigenvalue weighted by molar-refractivity contribution is 9.10. The van der Waals surface area contributed by atoms with Crippen molar-refractivity contribution in [3.63, 3.8) is 0 Å². The normalized spacial score (nSPS) is 12.2. The molecule has 0 saturated carbocycles. The minimum Gasteiger partial charge on any atom is -0.492 e. The summed E-state index contributed by atoms with van der Waals surface area (Å²) in [6.07, 6.45) is 8.20. The van der Waals surface area contributed by atoms with Crippen molar-refractivity contribution in [2.75, 3.05) is 13.7 Å². The van der Waals surface area contributed by atoms with Crippen molar-refractivity contribution < 1.29 is 4.74 Å². The van der Waals surface area contributed by atoms with Crippen molar-refractivity contribution in [2.24, 2.45) is 0 Å². The lowest BCUT2D eigenvalue weighted by molar-refractivity contribution is 0.315. The van der Waals surface area contributed by atoms with Gasteiger partial charge < -0.3 is 10.1 Å². The Morgan fingerprint density at radius 1 is 1.15 bits per heavy atom. The molecule has 1 atom stereocenters. The molecule has 106 valence electrons. The van der Waals surface area contributed by atoms with Gasteiger partial charge >= 0.3 is 0 Å². The number of aromatic nitrogens is 2. The SMILES string of the molecule is CCCOc1cncc(C(NC)c2cncc(Br)c2)c1. The summed E-state index contributed by atoms with van der Waals surface area (Å²) in [6.45, 7) is 2.79. The predicted molar refractivity (Wildman–Crippen MR) is 82.9 cm³/mol. The maximum Gasteiger partial charge on any atom is 0.137 e. The number of hydrogen-bond donors (Lipinski definition) is 1. The van der Waals surface area contributed by atoms with E-state index in [0.29, 0.717) is 6.61 Å². The van der Waals surface area contributed by atoms with E-state index in [4.69, 9.17) is 4.74 Å². The largest absolute Gasteiger partial charge is 0.492 e. The van der Waals surface area contributed by atoms with Gasteiger partial charge in [-0.05, 0) is 52.7 Å². The van der Waals surface area contributed by atoms with Crippen molar-refractivity contribution in [3.8, 4) is 5.75 Å². The van der Waals surface area contributed by atoms with Crippen LogP contribution in [0.25, 0.3) is 0 Å². The molecular weight excluding hydrogens is 318 g/mol. The maximum atomic E-state index is 5.63. The topological polar surface area (TPSA) is 47.0 Å². The lowest BCUT2D eigenvalue weighted by Crippen LogP contribution is -2.18. The molecule has 5 heteroatoms. The van der Waals surface area contributed by atoms with Crippen LogP contribution < -0.4 is 10.1 Å². The van der Waals surface area contributed by atoms with Crippen LogP contribution in [0.15, 0.2) is 41.4 Å². The predicted octanol–water partition coefficient (Wildman–Crippen LogP) is 3.34. The minimum absolute atomic E-state index is 0.0395. The van der Waals surface area contributed by atoms with E-state index in [0.717, 1.165) is 27.8 Å². The maximum absolute atomic E-state index is 5.63. The zero-order valence-corrected chi connectivity index (χ0v) is 13.2. The quantitative estimate of drug-likeness (QED) is 0.879. The molecular formula is C15H18BrN3O. The molecule has 0 aliphatic rings. The smallest absolute Gasteiger partial charge is 0.137 e. The molecule has 0 spiro atoms. The highest BCUT2D eigenvalue weighted by Crippen LogP contribution is 2.25. The molecule has 2 aromatic rings. The molecule has 4 nitrogen and oxygen atoms in total. The second kappa shape index (κ2) is 7.36. The fourth-order valence-corrected chi connectivity index (χ4v) is 2.39. The second-order valence-corrected chi connectivity index (χ2v) is 5.38. The van der Waals surface area contributed by atoms with Gasteiger partial charge in [0.05, 0.1) is 18.8 Å². The van der Waals surface area contributed by atoms with Crippen LogP contribution in [0.1, 0.15) is 30.5 Å². The van der Waals surface area contributed by atoms with E-state index in [2.05, 4.69) is 38.1 Å². The molecule has 0 aliphatic heterocycles. The zero-order chi connectivity index (χ0) is 14.4. The van der Waals surface area contributed by atoms with Gasteiger partial charge in [-0.15, -0.1) is 0 Å². The summed E-state index contributed by atoms with van der Waals surface area (Å²) in [5.74, 6) is 0.799. The van der Waals surface area contributed by atoms with E-state index in [-0.39, 0.29) is 6.04 Å². The Hall–Kier alpha value is -1.46. The first-order chi connectivity index (χ1) is 9.74. The molecule has 0 fully saturated rings. The van der Waals surface area contributed by atoms with Crippen molar-refractivity contribution in [1.29, 1.82) is 0 Å². The molecule has 0 aromatic carbocycles. The molecule has 0 amide bonds. The molecule has 20 heavy (non-hydrogen) atoms. The fourth-order valence-electron chi connectivity index (χ4n) is 2.00. The first kappa shape index (κ1) is 14.9. The third-order valence-electron chi connectivity index (χ3n) is 2.89. The van der Waals surface area contributed by atoms with Crippen molar-refractivity contribution in [2.45, 2.75) is 19.4 Å². The Kier molecular flexibility index (Phi) is 5.49. The second-order valence-electron chi connectivity index (χ2n) is 4.46. The average molecular weight is 336 g/mol. The number of nitrogens with zero attached hydrogens (tertiary/aromatic N) is 2. The summed E-state index contributed by atoms with van der Waals surface area (Å²) in [5.41, 5.74) is 2.14. The molecule has 0 radical (unpaired) electrons. The molecule has 0 bridgehead atoms. The lowest BCUT2D eigenvalue weighted by atomic mass is 10.0. The van der Waals surface area contributed by atoms with Gasteiger partial charge in [0.1, 0.15) is 5.75 Å². The van der Waals surface area contributed by atoms with Gasteiger partial charge in [-0.1, -0.05) is 6.92 Å². The van der Waals surface area contributed by atoms with Crippen molar-refractivity contribution >= 4 is 15.9 Å². The van der Waals surface area contributed by atoms with Crippen molar-refractivity contribution in [3.05, 3.63) is 52.5 Å². The third-order valence-corrected chi connectivity index (χ3v) is 3.32. The standard InChI is InChI=1S/C15H18BrN3O/c1-3-4-20-14-6-12(8-19-10-14)15(17-2)11-5-13(16)9-18-7-11/h5-10,15,17H,3-4H2,1-2H3. The highest BCUT2D eigenvalue weighted by Gasteiger charge is 2.14. The zero-order valence-electron chi connectivity index (χ0n) is 11.6. The van der Waals surface area contributed by atoms with Gasteiger partial charge in [0.25, 0.3) is 0 Å². The number of ether oxygens (including phenoxy) is 1. The number of nitrogens with one attached hydrogen (secondary N) is 1. The summed E-state index contributed by atoms with van der Waals surface area (Å²) in [6, 6.07) is 4.11. The van der Waals surface area contributed by atoms with Gasteiger partial charge in [0.2, 0.25) is 0 Å². The Balaban J connectivity index is 2.27. The minimum atomic E-state index is 0.0395. The van der Waals surface area contributed by atoms with Crippen LogP contribution in [-0.2, 0) is 0 Å². The monoisotopic (exact) mass is 335 g/mol. The van der Waals surface area contributed by atoms with Crippen LogP contribution in [0.4, 0.5) is 0 Å². The van der Waals surface area contributed by atoms with E-state index in [9.17, 15) is 0 Å². The average Bonchev–Trinajstić information content (AvgIpc) is 2.46. The van der Waals surface area contributed by atoms with E-state index in [1.54, 1.807) is 12.4 Å². The van der Waals surface area contributed by atoms with Gasteiger partial charge in [0, 0.05) is 23.1 Å². The Labute approximate surface area is 127 Å². The van der Waals surface area contributed by atoms with Crippen LogP contribution in [0.3, 0.4) is 0 Å². The molecule has 1 unspecified atom stereocenters. The summed E-state index contributed by atoms with van der Waals surface area (Å²) in [4.78, 5) is 8.47. The molecule has 0 aliphatic carbocycles. The van der Waals surface area contributed by atoms with Crippen LogP contribution in [0.5, 0.6) is 5.75 Å². The van der Waals surface area contributed by atoms with Crippen LogP contribution in [0.2, 0.25) is 0 Å². The number of hydrogen-bond acceptors (Lipinski definition) is 4. The molecule has 2 heterocycles. The summed E-state index contributed by atoms with van der Waals surface area (Å²) in [5, 5.41) is 3.29. The Morgan fingerprint density at radius 2 is 1.85 bits per heavy atom. The van der Waals surface area contributed by atoms with E-state index >= 15 is 0 Å². The molecule has 0 saturated heterocycles. The summed E-state index contributed by atoms with van der Waals surface area (Å²) >= 11 is 3.45. The first-order valence-corrected chi connectivity index (χ1v) is 7.39. The molecule has 2 rings (SSSR count). The number of pyridine rings is 2. The van der Waals surface area contributed by atoms with Crippen LogP contribution in [-0.4, -0.2) is 23.6 Å². The first-order valence-electron chi connectivity index (χ1n) is 6.60. The number of halogens is 1. The number of rotatable bonds is 6. The van der Waals surface area contributed by atoms with Crippen molar-refractivity contribution in [1.82, 2.24) is 15.3 Å². The fraction of sp³-hybridized carbons (Fsp3) is 0.333. The van der Waals surface area contributed by atoms with Crippen LogP contribution >= 0.6 is 15.9 Å². The van der Waals surface area contributed by atoms with E-state index in [1.165, 1.54) is 0 Å². The third kappa shape index (κ3) is 3.77. The Bertz CT molecular complexity index is 562. The molecule has 2 aromatic heterocycles. The lowest BCUT2D eigenvalue weighted by Gasteiger charge is -2.17. The van der Waals surface area contributed by atoms with E-state index < -0.39 is 0 Å². The van der Waals surface area contributed by atoms with Gasteiger partial charge in [-0.2, -0.15) is 0 Å². The molecule has 1 N–H and O–H groups in total. The van der Waals surface area contributed by atoms with Gasteiger partial charge in [-0.25, -0.2) is 0 Å². The van der Waals surface area contributed by atoms with Gasteiger partial charge in [0.15, 0.2) is 0 Å². The Morgan fingerprint density at radius 3 is 2.50 bits per heavy atom. The van der Waals surface area contributed by atoms with Crippen LogP contribution in [0, 0.1) is 0 Å². The summed E-state index contributed by atoms with van der Waals surface area (Å²) in [7, 11) is 1.92. The van der Waals surface area contributed by atoms with Gasteiger partial charge in [-0.3, -0.25) is 9.97 Å².